The van der Waals surface area contributed by atoms with Gasteiger partial charge in [0.2, 0.25) is 0 Å². The normalized spacial score (nSPS) is 14.4. The van der Waals surface area contributed by atoms with E-state index < -0.39 is 0 Å². The lowest BCUT2D eigenvalue weighted by molar-refractivity contribution is 0.0376. The van der Waals surface area contributed by atoms with Crippen molar-refractivity contribution < 1.29 is 14.1 Å². The van der Waals surface area contributed by atoms with Crippen molar-refractivity contribution in [1.29, 1.82) is 0 Å². The van der Waals surface area contributed by atoms with Gasteiger partial charge in [0.15, 0.2) is 5.13 Å². The molecule has 2 aromatic heterocycles. The van der Waals surface area contributed by atoms with Crippen molar-refractivity contribution in [3.05, 3.63) is 63.9 Å². The van der Waals surface area contributed by atoms with Gasteiger partial charge in [0.1, 0.15) is 17.0 Å². The van der Waals surface area contributed by atoms with Crippen LogP contribution in [0.2, 0.25) is 5.02 Å². The smallest absolute Gasteiger partial charge is 0.265 e. The third-order valence-corrected chi connectivity index (χ3v) is 8.01. The molecule has 1 aliphatic heterocycles. The lowest BCUT2D eigenvalue weighted by Crippen LogP contribution is -2.39. The number of hydrogen-bond donors (Lipinski definition) is 0. The minimum atomic E-state index is -0.181. The number of ether oxygens (including phenoxy) is 1. The molecule has 0 atom stereocenters. The van der Waals surface area contributed by atoms with Crippen molar-refractivity contribution in [2.45, 2.75) is 27.2 Å². The lowest BCUT2D eigenvalue weighted by atomic mass is 10.0. The number of nitrogens with zero attached hydrogens (tertiary/aromatic N) is 4. The fourth-order valence-corrected chi connectivity index (χ4v) is 5.90. The van der Waals surface area contributed by atoms with Crippen LogP contribution < -0.4 is 4.90 Å². The Morgan fingerprint density at radius 3 is 2.72 bits per heavy atom. The first-order valence-corrected chi connectivity index (χ1v) is 13.3. The summed E-state index contributed by atoms with van der Waals surface area (Å²) in [7, 11) is 0. The van der Waals surface area contributed by atoms with Gasteiger partial charge in [-0.1, -0.05) is 52.4 Å². The highest BCUT2D eigenvalue weighted by Crippen LogP contribution is 2.36. The van der Waals surface area contributed by atoms with E-state index in [0.29, 0.717) is 39.3 Å². The maximum absolute atomic E-state index is 14.2. The zero-order chi connectivity index (χ0) is 25.2. The molecule has 0 unspecified atom stereocenters. The van der Waals surface area contributed by atoms with Crippen LogP contribution in [0.1, 0.15) is 33.7 Å². The molecule has 4 aromatic rings. The molecule has 0 N–H and O–H groups in total. The Labute approximate surface area is 219 Å². The first-order valence-electron chi connectivity index (χ1n) is 12.1. The summed E-state index contributed by atoms with van der Waals surface area (Å²) in [5.74, 6) is 0.278. The summed E-state index contributed by atoms with van der Waals surface area (Å²) >= 11 is 8.01. The number of fused-ring (bicyclic) bond motifs is 1. The number of aromatic nitrogens is 2. The molecular weight excluding hydrogens is 496 g/mol. The van der Waals surface area contributed by atoms with Crippen molar-refractivity contribution in [2.24, 2.45) is 0 Å². The van der Waals surface area contributed by atoms with Gasteiger partial charge < -0.3 is 9.26 Å². The summed E-state index contributed by atoms with van der Waals surface area (Å²) in [6.45, 7) is 10.6. The van der Waals surface area contributed by atoms with Gasteiger partial charge in [0.05, 0.1) is 28.5 Å². The van der Waals surface area contributed by atoms with Crippen LogP contribution >= 0.6 is 22.9 Å². The lowest BCUT2D eigenvalue weighted by Gasteiger charge is -2.27. The molecule has 7 nitrogen and oxygen atoms in total. The van der Waals surface area contributed by atoms with Gasteiger partial charge in [-0.05, 0) is 50.5 Å². The Morgan fingerprint density at radius 1 is 1.17 bits per heavy atom. The molecule has 36 heavy (non-hydrogen) atoms. The van der Waals surface area contributed by atoms with Gasteiger partial charge in [-0.2, -0.15) is 0 Å². The predicted molar refractivity (Wildman–Crippen MR) is 144 cm³/mol. The number of carbonyl (C=O) groups excluding carboxylic acids is 1. The summed E-state index contributed by atoms with van der Waals surface area (Å²) < 4.78 is 12.1. The predicted octanol–water partition coefficient (Wildman–Crippen LogP) is 5.90. The van der Waals surface area contributed by atoms with E-state index in [1.807, 2.05) is 18.2 Å². The van der Waals surface area contributed by atoms with Gasteiger partial charge >= 0.3 is 0 Å². The number of amides is 1. The van der Waals surface area contributed by atoms with E-state index in [9.17, 15) is 4.79 Å². The number of aryl methyl sites for hydroxylation is 3. The van der Waals surface area contributed by atoms with Crippen molar-refractivity contribution in [3.63, 3.8) is 0 Å². The van der Waals surface area contributed by atoms with E-state index in [0.717, 1.165) is 60.6 Å². The van der Waals surface area contributed by atoms with Crippen molar-refractivity contribution in [1.82, 2.24) is 15.0 Å². The molecular formula is C27H29ClN4O3S. The summed E-state index contributed by atoms with van der Waals surface area (Å²) in [5.41, 5.74) is 4.76. The van der Waals surface area contributed by atoms with Crippen LogP contribution in [-0.2, 0) is 4.74 Å². The van der Waals surface area contributed by atoms with E-state index in [2.05, 4.69) is 36.0 Å². The van der Waals surface area contributed by atoms with Gasteiger partial charge in [-0.15, -0.1) is 0 Å². The molecule has 1 fully saturated rings. The standard InChI is InChI=1S/C27H29ClN4O3S/c1-17-15-18(2)25-22(16-17)29-27(36-25)32(10-6-9-31-11-13-34-14-12-31)26(33)23-19(3)35-30-24(23)20-7-4-5-8-21(20)28/h4-5,7-8,15-16H,6,9-14H2,1-3H3. The zero-order valence-corrected chi connectivity index (χ0v) is 22.3. The number of morpholine rings is 1. The highest BCUT2D eigenvalue weighted by molar-refractivity contribution is 7.22. The van der Waals surface area contributed by atoms with Crippen LogP contribution in [0.3, 0.4) is 0 Å². The highest BCUT2D eigenvalue weighted by atomic mass is 35.5. The maximum Gasteiger partial charge on any atom is 0.265 e. The topological polar surface area (TPSA) is 71.7 Å². The zero-order valence-electron chi connectivity index (χ0n) is 20.7. The second kappa shape index (κ2) is 10.7. The average molecular weight is 525 g/mol. The van der Waals surface area contributed by atoms with E-state index in [1.165, 1.54) is 0 Å². The van der Waals surface area contributed by atoms with Crippen LogP contribution in [-0.4, -0.2) is 60.3 Å². The van der Waals surface area contributed by atoms with Crippen molar-refractivity contribution in [2.75, 3.05) is 44.3 Å². The van der Waals surface area contributed by atoms with Crippen molar-refractivity contribution in [3.8, 4) is 11.3 Å². The third-order valence-electron chi connectivity index (χ3n) is 6.45. The monoisotopic (exact) mass is 524 g/mol. The summed E-state index contributed by atoms with van der Waals surface area (Å²) in [4.78, 5) is 23.2. The van der Waals surface area contributed by atoms with E-state index in [-0.39, 0.29) is 5.91 Å². The summed E-state index contributed by atoms with van der Waals surface area (Å²) in [6.07, 6.45) is 0.811. The van der Waals surface area contributed by atoms with Crippen molar-refractivity contribution >= 4 is 44.2 Å². The van der Waals surface area contributed by atoms with Gasteiger partial charge in [0.25, 0.3) is 5.91 Å². The molecule has 5 rings (SSSR count). The summed E-state index contributed by atoms with van der Waals surface area (Å²) in [5, 5.41) is 5.42. The molecule has 2 aromatic carbocycles. The number of halogens is 1. The van der Waals surface area contributed by atoms with Gasteiger partial charge in [-0.3, -0.25) is 14.6 Å². The molecule has 0 bridgehead atoms. The van der Waals surface area contributed by atoms with E-state index in [1.54, 1.807) is 29.2 Å². The number of anilines is 1. The molecule has 188 valence electrons. The average Bonchev–Trinajstić information content (AvgIpc) is 3.46. The number of carbonyl (C=O) groups is 1. The molecule has 1 aliphatic rings. The fraction of sp³-hybridized carbons (Fsp3) is 0.370. The van der Waals surface area contributed by atoms with Gasteiger partial charge in [0, 0.05) is 31.7 Å². The first-order chi connectivity index (χ1) is 17.4. The van der Waals surface area contributed by atoms with Crippen LogP contribution in [0.25, 0.3) is 21.5 Å². The van der Waals surface area contributed by atoms with Crippen LogP contribution in [0.5, 0.6) is 0 Å². The highest BCUT2D eigenvalue weighted by Gasteiger charge is 2.30. The molecule has 9 heteroatoms. The molecule has 0 radical (unpaired) electrons. The molecule has 1 amide bonds. The molecule has 3 heterocycles. The minimum absolute atomic E-state index is 0.181. The molecule has 0 saturated carbocycles. The third kappa shape index (κ3) is 5.04. The summed E-state index contributed by atoms with van der Waals surface area (Å²) in [6, 6.07) is 11.6. The maximum atomic E-state index is 14.2. The second-order valence-corrected chi connectivity index (χ2v) is 10.5. The first kappa shape index (κ1) is 24.9. The Balaban J connectivity index is 1.51. The van der Waals surface area contributed by atoms with E-state index in [4.69, 9.17) is 25.8 Å². The van der Waals surface area contributed by atoms with Gasteiger partial charge in [-0.25, -0.2) is 4.98 Å². The Kier molecular flexibility index (Phi) is 7.39. The van der Waals surface area contributed by atoms with Crippen LogP contribution in [0.15, 0.2) is 40.9 Å². The van der Waals surface area contributed by atoms with Crippen LogP contribution in [0.4, 0.5) is 5.13 Å². The SMILES string of the molecule is Cc1cc(C)c2sc(N(CCCN3CCOCC3)C(=O)c3c(-c4ccccc4Cl)noc3C)nc2c1. The number of hydrogen-bond acceptors (Lipinski definition) is 7. The fourth-order valence-electron chi connectivity index (χ4n) is 4.64. The second-order valence-electron chi connectivity index (χ2n) is 9.13. The Morgan fingerprint density at radius 2 is 1.94 bits per heavy atom. The molecule has 0 spiro atoms. The quantitative estimate of drug-likeness (QED) is 0.300. The van der Waals surface area contributed by atoms with E-state index >= 15 is 0 Å². The number of rotatable bonds is 7. The van der Waals surface area contributed by atoms with Crippen LogP contribution in [0, 0.1) is 20.8 Å². The minimum Gasteiger partial charge on any atom is -0.379 e. The molecule has 0 aliphatic carbocycles. The Bertz CT molecular complexity index is 1390. The molecule has 1 saturated heterocycles. The number of benzene rings is 2. The Hall–Kier alpha value is -2.78. The largest absolute Gasteiger partial charge is 0.379 e. The number of thiazole rings is 1.